The molecule has 2 aromatic carbocycles. The number of benzene rings is 2. The lowest BCUT2D eigenvalue weighted by atomic mass is 10.1. The zero-order valence-electron chi connectivity index (χ0n) is 18.4. The molecule has 0 bridgehead atoms. The highest BCUT2D eigenvalue weighted by Gasteiger charge is 2.29. The van der Waals surface area contributed by atoms with Crippen LogP contribution >= 0.6 is 23.4 Å². The van der Waals surface area contributed by atoms with Crippen LogP contribution in [-0.2, 0) is 21.9 Å². The standard InChI is InChI=1S/C23H28ClN3O4S/c1-4-21(23(29)25-16(2)3)26(13-18-7-5-6-8-20(18)24)22(28)15-32-14-17-9-11-19(12-10-17)27(30)31/h5-12,16,21H,4,13-15H2,1-3H3,(H,25,29)/t21-/m1/s1. The van der Waals surface area contributed by atoms with E-state index >= 15 is 0 Å². The van der Waals surface area contributed by atoms with Gasteiger partial charge in [0.05, 0.1) is 10.7 Å². The van der Waals surface area contributed by atoms with Gasteiger partial charge >= 0.3 is 0 Å². The molecule has 2 amide bonds. The van der Waals surface area contributed by atoms with E-state index in [9.17, 15) is 19.7 Å². The molecule has 0 fully saturated rings. The van der Waals surface area contributed by atoms with Crippen LogP contribution in [0.15, 0.2) is 48.5 Å². The van der Waals surface area contributed by atoms with Gasteiger partial charge in [-0.3, -0.25) is 19.7 Å². The van der Waals surface area contributed by atoms with Crippen molar-refractivity contribution in [3.8, 4) is 0 Å². The van der Waals surface area contributed by atoms with E-state index in [1.807, 2.05) is 39.0 Å². The summed E-state index contributed by atoms with van der Waals surface area (Å²) in [5, 5.41) is 14.2. The normalized spacial score (nSPS) is 11.8. The lowest BCUT2D eigenvalue weighted by molar-refractivity contribution is -0.384. The summed E-state index contributed by atoms with van der Waals surface area (Å²) in [6, 6.07) is 12.9. The summed E-state index contributed by atoms with van der Waals surface area (Å²) in [4.78, 5) is 37.9. The summed E-state index contributed by atoms with van der Waals surface area (Å²) in [5.74, 6) is 0.344. The molecule has 1 atom stereocenters. The lowest BCUT2D eigenvalue weighted by Gasteiger charge is -2.31. The monoisotopic (exact) mass is 477 g/mol. The molecule has 1 N–H and O–H groups in total. The number of nitro benzene ring substituents is 1. The van der Waals surface area contributed by atoms with Crippen molar-refractivity contribution in [2.45, 2.75) is 51.6 Å². The molecule has 2 aromatic rings. The average Bonchev–Trinajstić information content (AvgIpc) is 2.74. The van der Waals surface area contributed by atoms with Gasteiger partial charge < -0.3 is 10.2 Å². The molecule has 9 heteroatoms. The van der Waals surface area contributed by atoms with E-state index in [2.05, 4.69) is 5.32 Å². The van der Waals surface area contributed by atoms with Crippen LogP contribution in [0.3, 0.4) is 0 Å². The zero-order chi connectivity index (χ0) is 23.7. The maximum Gasteiger partial charge on any atom is 0.269 e. The Bertz CT molecular complexity index is 937. The van der Waals surface area contributed by atoms with Gasteiger partial charge in [-0.1, -0.05) is 48.9 Å². The van der Waals surface area contributed by atoms with E-state index in [0.29, 0.717) is 17.2 Å². The minimum atomic E-state index is -0.610. The van der Waals surface area contributed by atoms with Crippen LogP contribution in [0.1, 0.15) is 38.3 Å². The van der Waals surface area contributed by atoms with Crippen molar-refractivity contribution >= 4 is 40.9 Å². The first-order chi connectivity index (χ1) is 15.2. The number of amides is 2. The van der Waals surface area contributed by atoms with Gasteiger partial charge in [-0.05, 0) is 37.5 Å². The van der Waals surface area contributed by atoms with Crippen molar-refractivity contribution < 1.29 is 14.5 Å². The van der Waals surface area contributed by atoms with Gasteiger partial charge in [0, 0.05) is 35.5 Å². The van der Waals surface area contributed by atoms with Crippen LogP contribution in [0.25, 0.3) is 0 Å². The maximum atomic E-state index is 13.2. The van der Waals surface area contributed by atoms with Crippen LogP contribution in [0, 0.1) is 10.1 Å². The number of non-ortho nitro benzene ring substituents is 1. The Kier molecular flexibility index (Phi) is 9.99. The molecule has 0 saturated heterocycles. The molecule has 0 spiro atoms. The summed E-state index contributed by atoms with van der Waals surface area (Å²) < 4.78 is 0. The number of halogens is 1. The molecule has 0 aliphatic carbocycles. The van der Waals surface area contributed by atoms with E-state index in [4.69, 9.17) is 11.6 Å². The largest absolute Gasteiger partial charge is 0.352 e. The third-order valence-electron chi connectivity index (χ3n) is 4.76. The van der Waals surface area contributed by atoms with Crippen LogP contribution in [-0.4, -0.2) is 39.5 Å². The Morgan fingerprint density at radius 2 is 1.81 bits per heavy atom. The molecule has 7 nitrogen and oxygen atoms in total. The maximum absolute atomic E-state index is 13.2. The van der Waals surface area contributed by atoms with E-state index in [1.54, 1.807) is 23.1 Å². The summed E-state index contributed by atoms with van der Waals surface area (Å²) in [6.45, 7) is 5.87. The molecule has 32 heavy (non-hydrogen) atoms. The molecular weight excluding hydrogens is 450 g/mol. The second-order valence-corrected chi connectivity index (χ2v) is 9.01. The zero-order valence-corrected chi connectivity index (χ0v) is 20.0. The topological polar surface area (TPSA) is 92.6 Å². The number of hydrogen-bond acceptors (Lipinski definition) is 5. The number of nitrogens with zero attached hydrogens (tertiary/aromatic N) is 2. The minimum Gasteiger partial charge on any atom is -0.352 e. The third-order valence-corrected chi connectivity index (χ3v) is 6.11. The van der Waals surface area contributed by atoms with Crippen LogP contribution in [0.4, 0.5) is 5.69 Å². The smallest absolute Gasteiger partial charge is 0.269 e. The Morgan fingerprint density at radius 3 is 2.38 bits per heavy atom. The number of carbonyl (C=O) groups excluding carboxylic acids is 2. The fourth-order valence-corrected chi connectivity index (χ4v) is 4.23. The first-order valence-electron chi connectivity index (χ1n) is 10.4. The molecule has 0 aliphatic heterocycles. The number of hydrogen-bond donors (Lipinski definition) is 1. The minimum absolute atomic E-state index is 0.0303. The molecule has 2 rings (SSSR count). The number of nitrogens with one attached hydrogen (secondary N) is 1. The average molecular weight is 478 g/mol. The predicted molar refractivity (Wildman–Crippen MR) is 129 cm³/mol. The van der Waals surface area contributed by atoms with E-state index < -0.39 is 11.0 Å². The Morgan fingerprint density at radius 1 is 1.16 bits per heavy atom. The Hall–Kier alpha value is -2.58. The quantitative estimate of drug-likeness (QED) is 0.370. The molecule has 0 saturated carbocycles. The summed E-state index contributed by atoms with van der Waals surface area (Å²) in [6.07, 6.45) is 0.474. The summed E-state index contributed by atoms with van der Waals surface area (Å²) in [5.41, 5.74) is 1.69. The van der Waals surface area contributed by atoms with Gasteiger partial charge in [0.15, 0.2) is 0 Å². The number of nitro groups is 1. The van der Waals surface area contributed by atoms with Gasteiger partial charge in [-0.15, -0.1) is 11.8 Å². The second kappa shape index (κ2) is 12.5. The molecule has 0 radical (unpaired) electrons. The highest BCUT2D eigenvalue weighted by Crippen LogP contribution is 2.22. The fourth-order valence-electron chi connectivity index (χ4n) is 3.16. The SMILES string of the molecule is CC[C@H](C(=O)NC(C)C)N(Cc1ccccc1Cl)C(=O)CSCc1ccc([N+](=O)[O-])cc1. The molecule has 172 valence electrons. The Labute approximate surface area is 197 Å². The molecule has 0 heterocycles. The van der Waals surface area contributed by atoms with Gasteiger partial charge in [0.1, 0.15) is 6.04 Å². The fraction of sp³-hybridized carbons (Fsp3) is 0.391. The first-order valence-corrected chi connectivity index (χ1v) is 11.9. The van der Waals surface area contributed by atoms with Crippen molar-refractivity contribution in [3.63, 3.8) is 0 Å². The van der Waals surface area contributed by atoms with E-state index in [-0.39, 0.29) is 35.8 Å². The van der Waals surface area contributed by atoms with E-state index in [0.717, 1.165) is 11.1 Å². The molecule has 0 aromatic heterocycles. The highest BCUT2D eigenvalue weighted by atomic mass is 35.5. The van der Waals surface area contributed by atoms with Crippen molar-refractivity contribution in [2.24, 2.45) is 0 Å². The number of rotatable bonds is 11. The van der Waals surface area contributed by atoms with Crippen LogP contribution in [0.2, 0.25) is 5.02 Å². The summed E-state index contributed by atoms with van der Waals surface area (Å²) in [7, 11) is 0. The van der Waals surface area contributed by atoms with Gasteiger partial charge in [0.2, 0.25) is 11.8 Å². The van der Waals surface area contributed by atoms with Gasteiger partial charge in [-0.2, -0.15) is 0 Å². The third kappa shape index (κ3) is 7.53. The summed E-state index contributed by atoms with van der Waals surface area (Å²) >= 11 is 7.71. The first kappa shape index (κ1) is 25.7. The molecular formula is C23H28ClN3O4S. The van der Waals surface area contributed by atoms with Crippen molar-refractivity contribution in [2.75, 3.05) is 5.75 Å². The second-order valence-electron chi connectivity index (χ2n) is 7.62. The number of thioether (sulfide) groups is 1. The van der Waals surface area contributed by atoms with Gasteiger partial charge in [-0.25, -0.2) is 0 Å². The van der Waals surface area contributed by atoms with Crippen molar-refractivity contribution in [1.29, 1.82) is 0 Å². The Balaban J connectivity index is 2.12. The molecule has 0 aliphatic rings. The van der Waals surface area contributed by atoms with Crippen molar-refractivity contribution in [3.05, 3.63) is 74.8 Å². The number of carbonyl (C=O) groups is 2. The highest BCUT2D eigenvalue weighted by molar-refractivity contribution is 7.99. The van der Waals surface area contributed by atoms with Crippen LogP contribution < -0.4 is 5.32 Å². The van der Waals surface area contributed by atoms with Crippen LogP contribution in [0.5, 0.6) is 0 Å². The predicted octanol–water partition coefficient (Wildman–Crippen LogP) is 4.81. The molecule has 0 unspecified atom stereocenters. The lowest BCUT2D eigenvalue weighted by Crippen LogP contribution is -2.51. The van der Waals surface area contributed by atoms with E-state index in [1.165, 1.54) is 23.9 Å². The van der Waals surface area contributed by atoms with Crippen molar-refractivity contribution in [1.82, 2.24) is 10.2 Å². The van der Waals surface area contributed by atoms with Gasteiger partial charge in [0.25, 0.3) is 5.69 Å².